The van der Waals surface area contributed by atoms with Gasteiger partial charge in [-0.25, -0.2) is 4.98 Å². The standard InChI is InChI=1S/C10H9NO2/c1-13-10-9-3-2-8(12)6-7(9)4-5-11-10/h2-6,12H,1H3. The molecule has 1 N–H and O–H groups in total. The summed E-state index contributed by atoms with van der Waals surface area (Å²) in [6, 6.07) is 6.92. The van der Waals surface area contributed by atoms with E-state index < -0.39 is 0 Å². The lowest BCUT2D eigenvalue weighted by molar-refractivity contribution is 0.403. The molecule has 0 aliphatic carbocycles. The lowest BCUT2D eigenvalue weighted by atomic mass is 10.1. The van der Waals surface area contributed by atoms with E-state index in [9.17, 15) is 5.11 Å². The Kier molecular flexibility index (Phi) is 1.77. The summed E-state index contributed by atoms with van der Waals surface area (Å²) >= 11 is 0. The summed E-state index contributed by atoms with van der Waals surface area (Å²) < 4.78 is 5.07. The molecule has 0 amide bonds. The number of fused-ring (bicyclic) bond motifs is 1. The maximum Gasteiger partial charge on any atom is 0.221 e. The largest absolute Gasteiger partial charge is 0.508 e. The number of nitrogens with zero attached hydrogens (tertiary/aromatic N) is 1. The Balaban J connectivity index is 2.77. The number of aromatic nitrogens is 1. The molecule has 0 radical (unpaired) electrons. The first-order valence-electron chi connectivity index (χ1n) is 3.93. The van der Waals surface area contributed by atoms with Crippen molar-refractivity contribution in [3.8, 4) is 11.6 Å². The van der Waals surface area contributed by atoms with Crippen LogP contribution in [0.4, 0.5) is 0 Å². The SMILES string of the molecule is COc1nccc2cc(O)ccc12. The van der Waals surface area contributed by atoms with Crippen molar-refractivity contribution in [1.29, 1.82) is 0 Å². The van der Waals surface area contributed by atoms with Crippen LogP contribution >= 0.6 is 0 Å². The van der Waals surface area contributed by atoms with Gasteiger partial charge in [-0.1, -0.05) is 0 Å². The van der Waals surface area contributed by atoms with Crippen LogP contribution < -0.4 is 4.74 Å². The maximum atomic E-state index is 9.23. The first-order valence-corrected chi connectivity index (χ1v) is 3.93. The summed E-state index contributed by atoms with van der Waals surface area (Å²) in [5, 5.41) is 11.1. The van der Waals surface area contributed by atoms with E-state index in [1.807, 2.05) is 6.07 Å². The van der Waals surface area contributed by atoms with Gasteiger partial charge in [-0.15, -0.1) is 0 Å². The van der Waals surface area contributed by atoms with E-state index in [-0.39, 0.29) is 5.75 Å². The second-order valence-corrected chi connectivity index (χ2v) is 2.73. The minimum Gasteiger partial charge on any atom is -0.508 e. The second-order valence-electron chi connectivity index (χ2n) is 2.73. The van der Waals surface area contributed by atoms with Crippen LogP contribution in [-0.4, -0.2) is 17.2 Å². The summed E-state index contributed by atoms with van der Waals surface area (Å²) in [4.78, 5) is 4.05. The van der Waals surface area contributed by atoms with E-state index in [0.717, 1.165) is 10.8 Å². The van der Waals surface area contributed by atoms with Gasteiger partial charge >= 0.3 is 0 Å². The molecule has 3 heteroatoms. The van der Waals surface area contributed by atoms with Crippen molar-refractivity contribution >= 4 is 10.8 Å². The van der Waals surface area contributed by atoms with Gasteiger partial charge in [-0.2, -0.15) is 0 Å². The molecule has 1 aromatic carbocycles. The number of phenols is 1. The Bertz CT molecular complexity index is 440. The van der Waals surface area contributed by atoms with E-state index >= 15 is 0 Å². The summed E-state index contributed by atoms with van der Waals surface area (Å²) in [6.45, 7) is 0. The van der Waals surface area contributed by atoms with Crippen LogP contribution in [0.3, 0.4) is 0 Å². The van der Waals surface area contributed by atoms with Crippen LogP contribution in [0.5, 0.6) is 11.6 Å². The van der Waals surface area contributed by atoms with Crippen LogP contribution in [0.2, 0.25) is 0 Å². The molecule has 0 saturated carbocycles. The zero-order valence-electron chi connectivity index (χ0n) is 7.19. The molecule has 0 unspecified atom stereocenters. The first-order chi connectivity index (χ1) is 6.31. The lowest BCUT2D eigenvalue weighted by Gasteiger charge is -2.03. The Morgan fingerprint density at radius 3 is 2.92 bits per heavy atom. The number of rotatable bonds is 1. The average Bonchev–Trinajstić information content (AvgIpc) is 2.16. The Morgan fingerprint density at radius 2 is 2.15 bits per heavy atom. The number of benzene rings is 1. The Hall–Kier alpha value is -1.77. The van der Waals surface area contributed by atoms with Crippen LogP contribution in [0.15, 0.2) is 30.5 Å². The summed E-state index contributed by atoms with van der Waals surface area (Å²) in [6.07, 6.45) is 1.65. The van der Waals surface area contributed by atoms with Crippen LogP contribution in [-0.2, 0) is 0 Å². The summed E-state index contributed by atoms with van der Waals surface area (Å²) in [5.74, 6) is 0.832. The molecule has 66 valence electrons. The molecule has 0 atom stereocenters. The smallest absolute Gasteiger partial charge is 0.221 e. The fourth-order valence-electron chi connectivity index (χ4n) is 1.30. The summed E-state index contributed by atoms with van der Waals surface area (Å²) in [7, 11) is 1.58. The summed E-state index contributed by atoms with van der Waals surface area (Å²) in [5.41, 5.74) is 0. The molecule has 1 aromatic heterocycles. The number of phenolic OH excluding ortho intramolecular Hbond substituents is 1. The van der Waals surface area contributed by atoms with Gasteiger partial charge in [0.2, 0.25) is 5.88 Å². The van der Waals surface area contributed by atoms with Crippen molar-refractivity contribution in [3.63, 3.8) is 0 Å². The van der Waals surface area contributed by atoms with Crippen molar-refractivity contribution < 1.29 is 9.84 Å². The van der Waals surface area contributed by atoms with E-state index in [0.29, 0.717) is 5.88 Å². The molecule has 3 nitrogen and oxygen atoms in total. The number of hydrogen-bond donors (Lipinski definition) is 1. The molecule has 2 aromatic rings. The van der Waals surface area contributed by atoms with E-state index in [1.165, 1.54) is 0 Å². The van der Waals surface area contributed by atoms with Gasteiger partial charge in [0.15, 0.2) is 0 Å². The lowest BCUT2D eigenvalue weighted by Crippen LogP contribution is -1.87. The molecule has 0 aliphatic rings. The molecule has 0 spiro atoms. The number of pyridine rings is 1. The molecule has 0 fully saturated rings. The quantitative estimate of drug-likeness (QED) is 0.720. The van der Waals surface area contributed by atoms with Crippen molar-refractivity contribution in [2.24, 2.45) is 0 Å². The average molecular weight is 175 g/mol. The molecule has 13 heavy (non-hydrogen) atoms. The normalized spacial score (nSPS) is 10.2. The third-order valence-corrected chi connectivity index (χ3v) is 1.90. The number of aromatic hydroxyl groups is 1. The predicted octanol–water partition coefficient (Wildman–Crippen LogP) is 1.95. The highest BCUT2D eigenvalue weighted by atomic mass is 16.5. The second kappa shape index (κ2) is 2.94. The monoisotopic (exact) mass is 175 g/mol. The number of ether oxygens (including phenoxy) is 1. The molecule has 0 aliphatic heterocycles. The van der Waals surface area contributed by atoms with E-state index in [1.54, 1.807) is 31.5 Å². The molecule has 1 heterocycles. The van der Waals surface area contributed by atoms with E-state index in [2.05, 4.69) is 4.98 Å². The number of hydrogen-bond acceptors (Lipinski definition) is 3. The molecule has 0 bridgehead atoms. The van der Waals surface area contributed by atoms with E-state index in [4.69, 9.17) is 4.74 Å². The first kappa shape index (κ1) is 7.86. The van der Waals surface area contributed by atoms with Gasteiger partial charge in [0.25, 0.3) is 0 Å². The van der Waals surface area contributed by atoms with Crippen molar-refractivity contribution in [2.45, 2.75) is 0 Å². The minimum atomic E-state index is 0.251. The van der Waals surface area contributed by atoms with Gasteiger partial charge in [-0.3, -0.25) is 0 Å². The predicted molar refractivity (Wildman–Crippen MR) is 50.0 cm³/mol. The van der Waals surface area contributed by atoms with Crippen molar-refractivity contribution in [3.05, 3.63) is 30.5 Å². The van der Waals surface area contributed by atoms with Gasteiger partial charge in [0, 0.05) is 11.6 Å². The Labute approximate surface area is 75.6 Å². The fourth-order valence-corrected chi connectivity index (χ4v) is 1.30. The van der Waals surface area contributed by atoms with Crippen LogP contribution in [0, 0.1) is 0 Å². The van der Waals surface area contributed by atoms with Gasteiger partial charge in [0.1, 0.15) is 5.75 Å². The zero-order chi connectivity index (χ0) is 9.26. The topological polar surface area (TPSA) is 42.4 Å². The number of methoxy groups -OCH3 is 1. The van der Waals surface area contributed by atoms with Gasteiger partial charge in [-0.05, 0) is 29.7 Å². The maximum absolute atomic E-state index is 9.23. The third kappa shape index (κ3) is 1.28. The molecular formula is C10H9NO2. The Morgan fingerprint density at radius 1 is 1.31 bits per heavy atom. The third-order valence-electron chi connectivity index (χ3n) is 1.90. The zero-order valence-corrected chi connectivity index (χ0v) is 7.19. The van der Waals surface area contributed by atoms with Gasteiger partial charge < -0.3 is 9.84 Å². The minimum absolute atomic E-state index is 0.251. The van der Waals surface area contributed by atoms with Crippen molar-refractivity contribution in [1.82, 2.24) is 4.98 Å². The highest BCUT2D eigenvalue weighted by Gasteiger charge is 2.01. The molecule has 0 saturated heterocycles. The van der Waals surface area contributed by atoms with Crippen molar-refractivity contribution in [2.75, 3.05) is 7.11 Å². The van der Waals surface area contributed by atoms with Crippen LogP contribution in [0.1, 0.15) is 0 Å². The highest BCUT2D eigenvalue weighted by molar-refractivity contribution is 5.87. The molecular weight excluding hydrogens is 166 g/mol. The van der Waals surface area contributed by atoms with Gasteiger partial charge in [0.05, 0.1) is 7.11 Å². The van der Waals surface area contributed by atoms with Crippen LogP contribution in [0.25, 0.3) is 10.8 Å². The highest BCUT2D eigenvalue weighted by Crippen LogP contribution is 2.25. The molecule has 2 rings (SSSR count). The fraction of sp³-hybridized carbons (Fsp3) is 0.100.